The quantitative estimate of drug-likeness (QED) is 0.723. The summed E-state index contributed by atoms with van der Waals surface area (Å²) in [5.41, 5.74) is 2.23. The van der Waals surface area contributed by atoms with E-state index in [4.69, 9.17) is 4.74 Å². The van der Waals surface area contributed by atoms with Crippen LogP contribution in [0.5, 0.6) is 0 Å². The van der Waals surface area contributed by atoms with Crippen molar-refractivity contribution in [2.45, 2.75) is 6.92 Å². The van der Waals surface area contributed by atoms with Gasteiger partial charge >= 0.3 is 5.97 Å². The molecule has 0 fully saturated rings. The third-order valence-corrected chi connectivity index (χ3v) is 3.51. The Kier molecular flexibility index (Phi) is 3.99. The molecule has 24 heavy (non-hydrogen) atoms. The summed E-state index contributed by atoms with van der Waals surface area (Å²) in [6.07, 6.45) is 0. The summed E-state index contributed by atoms with van der Waals surface area (Å²) >= 11 is 0. The van der Waals surface area contributed by atoms with Crippen molar-refractivity contribution in [2.75, 3.05) is 12.4 Å². The van der Waals surface area contributed by atoms with Crippen molar-refractivity contribution in [1.29, 1.82) is 0 Å². The average molecular weight is 327 g/mol. The number of aromatic nitrogens is 2. The van der Waals surface area contributed by atoms with Crippen LogP contribution in [0.2, 0.25) is 0 Å². The topological polar surface area (TPSA) is 84.1 Å². The van der Waals surface area contributed by atoms with Crippen LogP contribution in [-0.2, 0) is 4.74 Å². The Morgan fingerprint density at radius 1 is 1.25 bits per heavy atom. The molecule has 2 N–H and O–H groups in total. The van der Waals surface area contributed by atoms with Crippen molar-refractivity contribution in [3.05, 3.63) is 63.8 Å². The molecule has 1 heterocycles. The zero-order valence-corrected chi connectivity index (χ0v) is 13.0. The number of aryl methyl sites for hydroxylation is 1. The maximum atomic E-state index is 13.1. The Morgan fingerprint density at radius 3 is 2.62 bits per heavy atom. The van der Waals surface area contributed by atoms with Crippen molar-refractivity contribution < 1.29 is 13.9 Å². The lowest BCUT2D eigenvalue weighted by Gasteiger charge is -2.11. The van der Waals surface area contributed by atoms with E-state index in [1.54, 1.807) is 25.1 Å². The van der Waals surface area contributed by atoms with Crippen molar-refractivity contribution in [2.24, 2.45) is 0 Å². The minimum atomic E-state index is -0.541. The molecular weight excluding hydrogens is 313 g/mol. The van der Waals surface area contributed by atoms with Gasteiger partial charge < -0.3 is 15.0 Å². The van der Waals surface area contributed by atoms with Gasteiger partial charge in [-0.3, -0.25) is 4.79 Å². The van der Waals surface area contributed by atoms with Gasteiger partial charge in [-0.25, -0.2) is 14.2 Å². The van der Waals surface area contributed by atoms with Crippen molar-refractivity contribution in [1.82, 2.24) is 9.97 Å². The number of halogens is 1. The Labute approximate surface area is 136 Å². The predicted molar refractivity (Wildman–Crippen MR) is 88.1 cm³/mol. The molecule has 2 aromatic carbocycles. The van der Waals surface area contributed by atoms with Crippen LogP contribution in [0.3, 0.4) is 0 Å². The number of rotatable bonds is 3. The van der Waals surface area contributed by atoms with E-state index < -0.39 is 5.97 Å². The summed E-state index contributed by atoms with van der Waals surface area (Å²) in [6, 6.07) is 8.83. The van der Waals surface area contributed by atoms with Gasteiger partial charge in [0.1, 0.15) is 17.0 Å². The highest BCUT2D eigenvalue weighted by Gasteiger charge is 2.13. The van der Waals surface area contributed by atoms with E-state index in [1.165, 1.54) is 25.3 Å². The molecule has 3 aromatic rings. The van der Waals surface area contributed by atoms with Crippen LogP contribution in [0.15, 0.2) is 41.2 Å². The van der Waals surface area contributed by atoms with E-state index in [1.807, 2.05) is 0 Å². The van der Waals surface area contributed by atoms with E-state index in [2.05, 4.69) is 15.3 Å². The molecule has 7 heteroatoms. The molecule has 0 aliphatic heterocycles. The molecule has 3 rings (SSSR count). The fourth-order valence-corrected chi connectivity index (χ4v) is 2.30. The number of hydrogen-bond donors (Lipinski definition) is 2. The number of esters is 1. The number of nitrogens with one attached hydrogen (secondary N) is 2. The SMILES string of the molecule is COC(=O)c1cc(Nc2ccc(F)cc2)c2nc(C)c(=O)[nH]c2c1. The normalized spacial score (nSPS) is 10.6. The van der Waals surface area contributed by atoms with Gasteiger partial charge in [-0.1, -0.05) is 0 Å². The molecule has 122 valence electrons. The summed E-state index contributed by atoms with van der Waals surface area (Å²) in [4.78, 5) is 30.6. The Hall–Kier alpha value is -3.22. The molecule has 0 radical (unpaired) electrons. The number of hydrogen-bond acceptors (Lipinski definition) is 5. The Morgan fingerprint density at radius 2 is 1.96 bits per heavy atom. The van der Waals surface area contributed by atoms with Crippen LogP contribution in [0, 0.1) is 12.7 Å². The molecule has 0 saturated carbocycles. The second-order valence-corrected chi connectivity index (χ2v) is 5.19. The van der Waals surface area contributed by atoms with E-state index in [9.17, 15) is 14.0 Å². The second-order valence-electron chi connectivity index (χ2n) is 5.19. The monoisotopic (exact) mass is 327 g/mol. The van der Waals surface area contributed by atoms with Gasteiger partial charge in [0.25, 0.3) is 5.56 Å². The number of carbonyl (C=O) groups excluding carboxylic acids is 1. The standard InChI is InChI=1S/C17H14FN3O3/c1-9-16(22)21-14-8-10(17(23)24-2)7-13(15(14)19-9)20-12-5-3-11(18)4-6-12/h3-8,20H,1-2H3,(H,21,22). The molecular formula is C17H14FN3O3. The molecule has 0 aliphatic rings. The number of methoxy groups -OCH3 is 1. The zero-order valence-electron chi connectivity index (χ0n) is 13.0. The smallest absolute Gasteiger partial charge is 0.338 e. The minimum Gasteiger partial charge on any atom is -0.465 e. The molecule has 0 spiro atoms. The lowest BCUT2D eigenvalue weighted by atomic mass is 10.1. The van der Waals surface area contributed by atoms with Gasteiger partial charge in [-0.15, -0.1) is 0 Å². The molecule has 0 unspecified atom stereocenters. The zero-order chi connectivity index (χ0) is 17.3. The van der Waals surface area contributed by atoms with Gasteiger partial charge in [0, 0.05) is 5.69 Å². The van der Waals surface area contributed by atoms with Gasteiger partial charge in [0.2, 0.25) is 0 Å². The van der Waals surface area contributed by atoms with Gasteiger partial charge in [0.05, 0.1) is 23.9 Å². The van der Waals surface area contributed by atoms with E-state index in [0.717, 1.165) is 0 Å². The molecule has 0 atom stereocenters. The fourth-order valence-electron chi connectivity index (χ4n) is 2.30. The third kappa shape index (κ3) is 2.96. The molecule has 0 amide bonds. The van der Waals surface area contributed by atoms with Gasteiger partial charge in [-0.05, 0) is 43.3 Å². The second kappa shape index (κ2) is 6.11. The molecule has 0 bridgehead atoms. The predicted octanol–water partition coefficient (Wildman–Crippen LogP) is 2.90. The van der Waals surface area contributed by atoms with Crippen LogP contribution in [0.1, 0.15) is 16.1 Å². The number of nitrogens with zero attached hydrogens (tertiary/aromatic N) is 1. The summed E-state index contributed by atoms with van der Waals surface area (Å²) in [5, 5.41) is 3.08. The number of fused-ring (bicyclic) bond motifs is 1. The van der Waals surface area contributed by atoms with Gasteiger partial charge in [-0.2, -0.15) is 0 Å². The number of benzene rings is 2. The summed E-state index contributed by atoms with van der Waals surface area (Å²) in [6.45, 7) is 1.59. The number of carbonyl (C=O) groups is 1. The maximum Gasteiger partial charge on any atom is 0.338 e. The van der Waals surface area contributed by atoms with Gasteiger partial charge in [0.15, 0.2) is 0 Å². The molecule has 1 aromatic heterocycles. The summed E-state index contributed by atoms with van der Waals surface area (Å²) in [7, 11) is 1.27. The van der Waals surface area contributed by atoms with E-state index >= 15 is 0 Å². The largest absolute Gasteiger partial charge is 0.465 e. The number of aromatic amines is 1. The van der Waals surface area contributed by atoms with Crippen molar-refractivity contribution >= 4 is 28.4 Å². The average Bonchev–Trinajstić information content (AvgIpc) is 2.57. The fraction of sp³-hybridized carbons (Fsp3) is 0.118. The van der Waals surface area contributed by atoms with Crippen LogP contribution < -0.4 is 10.9 Å². The Bertz CT molecular complexity index is 981. The molecule has 6 nitrogen and oxygen atoms in total. The van der Waals surface area contributed by atoms with Crippen molar-refractivity contribution in [3.8, 4) is 0 Å². The van der Waals surface area contributed by atoms with E-state index in [-0.39, 0.29) is 16.9 Å². The first kappa shape index (κ1) is 15.7. The first-order valence-corrected chi connectivity index (χ1v) is 7.13. The Balaban J connectivity index is 2.19. The highest BCUT2D eigenvalue weighted by Crippen LogP contribution is 2.26. The van der Waals surface area contributed by atoms with Crippen LogP contribution >= 0.6 is 0 Å². The summed E-state index contributed by atoms with van der Waals surface area (Å²) in [5.74, 6) is -0.896. The lowest BCUT2D eigenvalue weighted by molar-refractivity contribution is 0.0601. The number of H-pyrrole nitrogens is 1. The minimum absolute atomic E-state index is 0.260. The lowest BCUT2D eigenvalue weighted by Crippen LogP contribution is -2.13. The maximum absolute atomic E-state index is 13.1. The highest BCUT2D eigenvalue weighted by atomic mass is 19.1. The van der Waals surface area contributed by atoms with Crippen LogP contribution in [0.25, 0.3) is 11.0 Å². The van der Waals surface area contributed by atoms with Crippen LogP contribution in [0.4, 0.5) is 15.8 Å². The summed E-state index contributed by atoms with van der Waals surface area (Å²) < 4.78 is 17.8. The first-order chi connectivity index (χ1) is 11.5. The number of ether oxygens (including phenoxy) is 1. The van der Waals surface area contributed by atoms with Crippen LogP contribution in [-0.4, -0.2) is 23.0 Å². The number of anilines is 2. The van der Waals surface area contributed by atoms with E-state index in [0.29, 0.717) is 28.1 Å². The van der Waals surface area contributed by atoms with Crippen molar-refractivity contribution in [3.63, 3.8) is 0 Å². The first-order valence-electron chi connectivity index (χ1n) is 7.13. The third-order valence-electron chi connectivity index (χ3n) is 3.51. The molecule has 0 aliphatic carbocycles. The highest BCUT2D eigenvalue weighted by molar-refractivity contribution is 5.99. The molecule has 0 saturated heterocycles.